The molecule has 1 aliphatic rings. The molecule has 4 rings (SSSR count). The molecule has 0 spiro atoms. The van der Waals surface area contributed by atoms with Gasteiger partial charge in [0.2, 0.25) is 0 Å². The highest BCUT2D eigenvalue weighted by molar-refractivity contribution is 5.94. The average molecular weight is 418 g/mol. The van der Waals surface area contributed by atoms with Crippen molar-refractivity contribution >= 4 is 11.7 Å². The zero-order valence-corrected chi connectivity index (χ0v) is 17.6. The second kappa shape index (κ2) is 10.0. The van der Waals surface area contributed by atoms with E-state index >= 15 is 0 Å². The van der Waals surface area contributed by atoms with Crippen LogP contribution in [0, 0.1) is 0 Å². The van der Waals surface area contributed by atoms with Crippen LogP contribution in [0.5, 0.6) is 11.5 Å². The van der Waals surface area contributed by atoms with Gasteiger partial charge in [0.25, 0.3) is 5.91 Å². The number of hydrogen-bond acceptors (Lipinski definition) is 6. The summed E-state index contributed by atoms with van der Waals surface area (Å²) in [5, 5.41) is 3.11. The lowest BCUT2D eigenvalue weighted by Gasteiger charge is -2.36. The highest BCUT2D eigenvalue weighted by Gasteiger charge is 2.20. The third-order valence-electron chi connectivity index (χ3n) is 5.24. The van der Waals surface area contributed by atoms with Crippen molar-refractivity contribution in [3.8, 4) is 11.5 Å². The molecule has 1 unspecified atom stereocenters. The number of carbonyl (C=O) groups excluding carboxylic acids is 1. The quantitative estimate of drug-likeness (QED) is 0.637. The van der Waals surface area contributed by atoms with E-state index in [9.17, 15) is 4.79 Å². The maximum absolute atomic E-state index is 12.7. The largest absolute Gasteiger partial charge is 0.457 e. The van der Waals surface area contributed by atoms with E-state index in [2.05, 4.69) is 25.1 Å². The fraction of sp³-hybridized carbons (Fsp3) is 0.292. The zero-order chi connectivity index (χ0) is 21.5. The zero-order valence-electron chi connectivity index (χ0n) is 17.6. The van der Waals surface area contributed by atoms with E-state index in [4.69, 9.17) is 4.74 Å². The van der Waals surface area contributed by atoms with Crippen LogP contribution in [0.2, 0.25) is 0 Å². The van der Waals surface area contributed by atoms with Crippen LogP contribution in [0.25, 0.3) is 0 Å². The van der Waals surface area contributed by atoms with Crippen molar-refractivity contribution in [2.24, 2.45) is 0 Å². The Morgan fingerprint density at radius 3 is 2.55 bits per heavy atom. The molecule has 2 aromatic heterocycles. The Balaban J connectivity index is 1.27. The van der Waals surface area contributed by atoms with Gasteiger partial charge in [-0.1, -0.05) is 12.1 Å². The van der Waals surface area contributed by atoms with Crippen LogP contribution in [0.3, 0.4) is 0 Å². The summed E-state index contributed by atoms with van der Waals surface area (Å²) in [6.07, 6.45) is 5.17. The SMILES string of the molecule is CC(CN1CCN(c2ccccn2)CC1)NC(=O)c1cccc(Oc2ccncc2)c1. The smallest absolute Gasteiger partial charge is 0.251 e. The summed E-state index contributed by atoms with van der Waals surface area (Å²) >= 11 is 0. The summed E-state index contributed by atoms with van der Waals surface area (Å²) in [6, 6.07) is 16.8. The average Bonchev–Trinajstić information content (AvgIpc) is 2.81. The van der Waals surface area contributed by atoms with E-state index in [0.29, 0.717) is 17.1 Å². The van der Waals surface area contributed by atoms with Crippen LogP contribution in [-0.2, 0) is 0 Å². The lowest BCUT2D eigenvalue weighted by atomic mass is 10.2. The number of benzene rings is 1. The number of anilines is 1. The molecule has 3 heterocycles. The molecular weight excluding hydrogens is 390 g/mol. The number of aromatic nitrogens is 2. The summed E-state index contributed by atoms with van der Waals surface area (Å²) in [5.41, 5.74) is 0.582. The number of hydrogen-bond donors (Lipinski definition) is 1. The highest BCUT2D eigenvalue weighted by atomic mass is 16.5. The van der Waals surface area contributed by atoms with E-state index in [0.717, 1.165) is 38.5 Å². The Hall–Kier alpha value is -3.45. The molecule has 7 heteroatoms. The molecule has 3 aromatic rings. The van der Waals surface area contributed by atoms with Crippen molar-refractivity contribution in [3.05, 3.63) is 78.8 Å². The van der Waals surface area contributed by atoms with Gasteiger partial charge in [-0.2, -0.15) is 0 Å². The minimum Gasteiger partial charge on any atom is -0.457 e. The van der Waals surface area contributed by atoms with Crippen LogP contribution < -0.4 is 15.0 Å². The summed E-state index contributed by atoms with van der Waals surface area (Å²) < 4.78 is 5.80. The summed E-state index contributed by atoms with van der Waals surface area (Å²) in [5.74, 6) is 2.24. The molecule has 1 atom stereocenters. The van der Waals surface area contributed by atoms with Crippen molar-refractivity contribution in [2.45, 2.75) is 13.0 Å². The monoisotopic (exact) mass is 417 g/mol. The molecule has 31 heavy (non-hydrogen) atoms. The number of piperazine rings is 1. The minimum absolute atomic E-state index is 0.0404. The summed E-state index contributed by atoms with van der Waals surface area (Å²) in [6.45, 7) is 6.63. The molecule has 1 fully saturated rings. The molecule has 7 nitrogen and oxygen atoms in total. The van der Waals surface area contributed by atoms with Crippen LogP contribution in [-0.4, -0.2) is 59.5 Å². The second-order valence-electron chi connectivity index (χ2n) is 7.66. The fourth-order valence-electron chi connectivity index (χ4n) is 3.68. The molecule has 1 aliphatic heterocycles. The van der Waals surface area contributed by atoms with E-state index in [-0.39, 0.29) is 11.9 Å². The maximum atomic E-state index is 12.7. The van der Waals surface area contributed by atoms with Gasteiger partial charge >= 0.3 is 0 Å². The van der Waals surface area contributed by atoms with Crippen LogP contribution >= 0.6 is 0 Å². The fourth-order valence-corrected chi connectivity index (χ4v) is 3.68. The number of rotatable bonds is 7. The number of nitrogens with one attached hydrogen (secondary N) is 1. The van der Waals surface area contributed by atoms with Gasteiger partial charge in [-0.05, 0) is 49.4 Å². The van der Waals surface area contributed by atoms with Gasteiger partial charge in [-0.3, -0.25) is 14.7 Å². The van der Waals surface area contributed by atoms with Gasteiger partial charge in [0, 0.05) is 62.9 Å². The van der Waals surface area contributed by atoms with Crippen LogP contribution in [0.15, 0.2) is 73.2 Å². The third-order valence-corrected chi connectivity index (χ3v) is 5.24. The third kappa shape index (κ3) is 5.79. The highest BCUT2D eigenvalue weighted by Crippen LogP contribution is 2.21. The predicted octanol–water partition coefficient (Wildman–Crippen LogP) is 3.21. The first kappa shape index (κ1) is 20.8. The number of carbonyl (C=O) groups is 1. The van der Waals surface area contributed by atoms with Crippen LogP contribution in [0.4, 0.5) is 5.82 Å². The Morgan fingerprint density at radius 1 is 1.00 bits per heavy atom. The Bertz CT molecular complexity index is 976. The molecule has 0 radical (unpaired) electrons. The standard InChI is InChI=1S/C24H27N5O2/c1-19(18-28-13-15-29(16-14-28)23-7-2-3-10-26-23)27-24(30)20-5-4-6-22(17-20)31-21-8-11-25-12-9-21/h2-12,17,19H,13-16,18H2,1H3,(H,27,30). The number of pyridine rings is 2. The first-order valence-electron chi connectivity index (χ1n) is 10.5. The lowest BCUT2D eigenvalue weighted by Crippen LogP contribution is -2.51. The molecule has 1 aromatic carbocycles. The molecule has 0 saturated carbocycles. The summed E-state index contributed by atoms with van der Waals surface area (Å²) in [4.78, 5) is 25.8. The molecule has 0 bridgehead atoms. The van der Waals surface area contributed by atoms with Crippen molar-refractivity contribution in [2.75, 3.05) is 37.6 Å². The number of amides is 1. The molecule has 1 N–H and O–H groups in total. The van der Waals surface area contributed by atoms with Gasteiger partial charge in [0.15, 0.2) is 0 Å². The molecular formula is C24H27N5O2. The number of nitrogens with zero attached hydrogens (tertiary/aromatic N) is 4. The second-order valence-corrected chi connectivity index (χ2v) is 7.66. The first-order valence-corrected chi connectivity index (χ1v) is 10.5. The topological polar surface area (TPSA) is 70.6 Å². The van der Waals surface area contributed by atoms with Crippen LogP contribution in [0.1, 0.15) is 17.3 Å². The van der Waals surface area contributed by atoms with Gasteiger partial charge in [0.05, 0.1) is 0 Å². The Morgan fingerprint density at radius 2 is 1.81 bits per heavy atom. The van der Waals surface area contributed by atoms with E-state index in [1.54, 1.807) is 36.7 Å². The molecule has 1 saturated heterocycles. The molecule has 1 amide bonds. The van der Waals surface area contributed by atoms with E-state index < -0.39 is 0 Å². The van der Waals surface area contributed by atoms with E-state index in [1.807, 2.05) is 43.5 Å². The Kier molecular flexibility index (Phi) is 6.74. The minimum atomic E-state index is -0.0974. The Labute approximate surface area is 182 Å². The summed E-state index contributed by atoms with van der Waals surface area (Å²) in [7, 11) is 0. The van der Waals surface area contributed by atoms with Crippen molar-refractivity contribution in [3.63, 3.8) is 0 Å². The van der Waals surface area contributed by atoms with Gasteiger partial charge in [-0.25, -0.2) is 4.98 Å². The normalized spacial score (nSPS) is 15.3. The predicted molar refractivity (Wildman–Crippen MR) is 121 cm³/mol. The van der Waals surface area contributed by atoms with E-state index in [1.165, 1.54) is 0 Å². The van der Waals surface area contributed by atoms with Crippen molar-refractivity contribution < 1.29 is 9.53 Å². The molecule has 0 aliphatic carbocycles. The van der Waals surface area contributed by atoms with Gasteiger partial charge in [-0.15, -0.1) is 0 Å². The number of ether oxygens (including phenoxy) is 1. The van der Waals surface area contributed by atoms with Gasteiger partial charge in [0.1, 0.15) is 17.3 Å². The maximum Gasteiger partial charge on any atom is 0.251 e. The molecule has 160 valence electrons. The first-order chi connectivity index (χ1) is 15.2. The lowest BCUT2D eigenvalue weighted by molar-refractivity contribution is 0.0927. The van der Waals surface area contributed by atoms with Crippen molar-refractivity contribution in [1.82, 2.24) is 20.2 Å². The van der Waals surface area contributed by atoms with Gasteiger partial charge < -0.3 is 15.0 Å². The van der Waals surface area contributed by atoms with Crippen molar-refractivity contribution in [1.29, 1.82) is 0 Å².